The molecule has 1 saturated heterocycles. The fraction of sp³-hybridized carbons (Fsp3) is 0.357. The third-order valence-corrected chi connectivity index (χ3v) is 6.69. The highest BCUT2D eigenvalue weighted by Crippen LogP contribution is 2.30. The van der Waals surface area contributed by atoms with Crippen molar-refractivity contribution in [1.29, 1.82) is 0 Å². The van der Waals surface area contributed by atoms with Gasteiger partial charge in [0.15, 0.2) is 0 Å². The van der Waals surface area contributed by atoms with Crippen molar-refractivity contribution in [3.63, 3.8) is 0 Å². The lowest BCUT2D eigenvalue weighted by atomic mass is 9.95. The molecule has 4 rings (SSSR count). The van der Waals surface area contributed by atoms with Gasteiger partial charge in [0.05, 0.1) is 0 Å². The Balaban J connectivity index is 1.62. The van der Waals surface area contributed by atoms with Crippen LogP contribution in [-0.4, -0.2) is 25.5 Å². The zero-order valence-electron chi connectivity index (χ0n) is 19.9. The van der Waals surface area contributed by atoms with Crippen LogP contribution in [0.25, 0.3) is 11.1 Å². The third kappa shape index (κ3) is 5.92. The van der Waals surface area contributed by atoms with Crippen molar-refractivity contribution in [3.8, 4) is 16.9 Å². The lowest BCUT2D eigenvalue weighted by Gasteiger charge is -2.36. The Morgan fingerprint density at radius 1 is 0.882 bits per heavy atom. The van der Waals surface area contributed by atoms with Gasteiger partial charge in [0.1, 0.15) is 5.75 Å². The van der Waals surface area contributed by atoms with E-state index in [0.29, 0.717) is 12.6 Å². The lowest BCUT2D eigenvalue weighted by Crippen LogP contribution is -2.43. The summed E-state index contributed by atoms with van der Waals surface area (Å²) < 4.78 is 41.8. The quantitative estimate of drug-likeness (QED) is 0.424. The number of hydrogen-bond acceptors (Lipinski definition) is 3. The Hall–Kier alpha value is -2.99. The molecule has 0 unspecified atom stereocenters. The lowest BCUT2D eigenvalue weighted by molar-refractivity contribution is -0.274. The predicted molar refractivity (Wildman–Crippen MR) is 131 cm³/mol. The molecule has 0 aliphatic carbocycles. The molecular weight excluding hydrogens is 437 g/mol. The number of anilines is 1. The number of aryl methyl sites for hydroxylation is 2. The first kappa shape index (κ1) is 24.1. The van der Waals surface area contributed by atoms with Crippen molar-refractivity contribution in [3.05, 3.63) is 82.9 Å². The van der Waals surface area contributed by atoms with Crippen LogP contribution in [-0.2, 0) is 6.54 Å². The summed E-state index contributed by atoms with van der Waals surface area (Å²) in [7, 11) is 0. The first-order valence-electron chi connectivity index (χ1n) is 11.7. The fourth-order valence-corrected chi connectivity index (χ4v) is 4.64. The molecule has 1 aliphatic rings. The molecule has 0 amide bonds. The van der Waals surface area contributed by atoms with Gasteiger partial charge >= 0.3 is 6.36 Å². The van der Waals surface area contributed by atoms with Crippen molar-refractivity contribution in [2.45, 2.75) is 52.6 Å². The number of halogens is 3. The number of piperidine rings is 1. The number of nitrogens with one attached hydrogen (secondary N) is 1. The van der Waals surface area contributed by atoms with E-state index in [1.165, 1.54) is 45.5 Å². The van der Waals surface area contributed by atoms with E-state index in [0.717, 1.165) is 31.6 Å². The first-order chi connectivity index (χ1) is 16.2. The van der Waals surface area contributed by atoms with E-state index in [4.69, 9.17) is 0 Å². The summed E-state index contributed by atoms with van der Waals surface area (Å²) in [5.74, 6) is -0.200. The maximum absolute atomic E-state index is 12.6. The van der Waals surface area contributed by atoms with Crippen LogP contribution >= 0.6 is 0 Å². The second-order valence-corrected chi connectivity index (χ2v) is 9.09. The van der Waals surface area contributed by atoms with Gasteiger partial charge in [-0.3, -0.25) is 0 Å². The smallest absolute Gasteiger partial charge is 0.406 e. The topological polar surface area (TPSA) is 24.5 Å². The molecule has 0 spiro atoms. The van der Waals surface area contributed by atoms with Gasteiger partial charge in [0, 0.05) is 18.3 Å². The molecule has 0 radical (unpaired) electrons. The molecule has 1 fully saturated rings. The highest BCUT2D eigenvalue weighted by molar-refractivity contribution is 5.67. The normalized spacial score (nSPS) is 14.8. The monoisotopic (exact) mass is 468 g/mol. The predicted octanol–water partition coefficient (Wildman–Crippen LogP) is 6.94. The van der Waals surface area contributed by atoms with E-state index < -0.39 is 6.36 Å². The Labute approximate surface area is 199 Å². The van der Waals surface area contributed by atoms with Crippen LogP contribution in [0.5, 0.6) is 5.75 Å². The number of alkyl halides is 3. The molecule has 3 aromatic carbocycles. The molecule has 3 aromatic rings. The number of benzene rings is 3. The van der Waals surface area contributed by atoms with Crippen LogP contribution in [0.2, 0.25) is 0 Å². The highest BCUT2D eigenvalue weighted by Gasteiger charge is 2.31. The summed E-state index contributed by atoms with van der Waals surface area (Å²) in [6.45, 7) is 8.97. The Bertz CT molecular complexity index is 1100. The number of rotatable bonds is 6. The zero-order valence-corrected chi connectivity index (χ0v) is 19.9. The third-order valence-electron chi connectivity index (χ3n) is 6.69. The van der Waals surface area contributed by atoms with Crippen molar-refractivity contribution in [1.82, 2.24) is 5.32 Å². The molecule has 34 heavy (non-hydrogen) atoms. The van der Waals surface area contributed by atoms with Gasteiger partial charge in [-0.1, -0.05) is 30.3 Å². The van der Waals surface area contributed by atoms with Crippen molar-refractivity contribution in [2.75, 3.05) is 18.0 Å². The van der Waals surface area contributed by atoms with Gasteiger partial charge in [0.2, 0.25) is 0 Å². The average Bonchev–Trinajstić information content (AvgIpc) is 2.81. The molecule has 0 atom stereocenters. The number of nitrogens with zero attached hydrogens (tertiary/aromatic N) is 1. The minimum atomic E-state index is -4.69. The van der Waals surface area contributed by atoms with Crippen LogP contribution in [0, 0.1) is 20.8 Å². The number of ether oxygens (including phenoxy) is 1. The molecule has 1 aliphatic heterocycles. The Morgan fingerprint density at radius 2 is 1.53 bits per heavy atom. The van der Waals surface area contributed by atoms with E-state index in [-0.39, 0.29) is 5.75 Å². The zero-order chi connectivity index (χ0) is 24.3. The summed E-state index contributed by atoms with van der Waals surface area (Å²) in [4.78, 5) is 2.31. The molecule has 0 bridgehead atoms. The van der Waals surface area contributed by atoms with Gasteiger partial charge < -0.3 is 15.0 Å². The van der Waals surface area contributed by atoms with Crippen LogP contribution in [0.1, 0.15) is 35.1 Å². The SMILES string of the molecule is Cc1cc(-c2cccc(CN(c3ccc(OC(F)(F)F)cc3)C3CCNCC3)c2)cc(C)c1C. The second kappa shape index (κ2) is 10.1. The second-order valence-electron chi connectivity index (χ2n) is 9.09. The van der Waals surface area contributed by atoms with E-state index in [1.54, 1.807) is 12.1 Å². The number of hydrogen-bond donors (Lipinski definition) is 1. The Kier molecular flexibility index (Phi) is 7.17. The van der Waals surface area contributed by atoms with Crippen LogP contribution < -0.4 is 15.0 Å². The first-order valence-corrected chi connectivity index (χ1v) is 11.7. The molecule has 1 N–H and O–H groups in total. The van der Waals surface area contributed by atoms with Crippen LogP contribution in [0.3, 0.4) is 0 Å². The maximum atomic E-state index is 12.6. The Morgan fingerprint density at radius 3 is 2.15 bits per heavy atom. The molecule has 6 heteroatoms. The standard InChI is InChI=1S/C28H31F3N2O/c1-19-15-24(16-20(2)21(19)3)23-6-4-5-22(17-23)18-33(26-11-13-32-14-12-26)25-7-9-27(10-8-25)34-28(29,30)31/h4-10,15-17,26,32H,11-14,18H2,1-3H3. The van der Waals surface area contributed by atoms with E-state index in [1.807, 2.05) is 0 Å². The van der Waals surface area contributed by atoms with E-state index in [9.17, 15) is 13.2 Å². The van der Waals surface area contributed by atoms with Crippen molar-refractivity contribution >= 4 is 5.69 Å². The van der Waals surface area contributed by atoms with Crippen molar-refractivity contribution in [2.24, 2.45) is 0 Å². The summed E-state index contributed by atoms with van der Waals surface area (Å²) in [6, 6.07) is 19.5. The molecule has 1 heterocycles. The van der Waals surface area contributed by atoms with Gasteiger partial charge in [0.25, 0.3) is 0 Å². The molecular formula is C28H31F3N2O. The van der Waals surface area contributed by atoms with Crippen LogP contribution in [0.4, 0.5) is 18.9 Å². The molecule has 3 nitrogen and oxygen atoms in total. The molecule has 0 aromatic heterocycles. The molecule has 0 saturated carbocycles. The molecule has 180 valence electrons. The van der Waals surface area contributed by atoms with Gasteiger partial charge in [-0.25, -0.2) is 0 Å². The van der Waals surface area contributed by atoms with Gasteiger partial charge in [-0.05, 0) is 110 Å². The van der Waals surface area contributed by atoms with Gasteiger partial charge in [-0.15, -0.1) is 13.2 Å². The minimum Gasteiger partial charge on any atom is -0.406 e. The highest BCUT2D eigenvalue weighted by atomic mass is 19.4. The summed E-state index contributed by atoms with van der Waals surface area (Å²) >= 11 is 0. The van der Waals surface area contributed by atoms with Crippen LogP contribution in [0.15, 0.2) is 60.7 Å². The maximum Gasteiger partial charge on any atom is 0.573 e. The average molecular weight is 469 g/mol. The van der Waals surface area contributed by atoms with E-state index in [2.05, 4.69) is 72.1 Å². The largest absolute Gasteiger partial charge is 0.573 e. The van der Waals surface area contributed by atoms with E-state index >= 15 is 0 Å². The van der Waals surface area contributed by atoms with Crippen molar-refractivity contribution < 1.29 is 17.9 Å². The summed E-state index contributed by atoms with van der Waals surface area (Å²) in [5, 5.41) is 3.39. The van der Waals surface area contributed by atoms with Gasteiger partial charge in [-0.2, -0.15) is 0 Å². The summed E-state index contributed by atoms with van der Waals surface area (Å²) in [5.41, 5.74) is 8.30. The fourth-order valence-electron chi connectivity index (χ4n) is 4.64. The summed E-state index contributed by atoms with van der Waals surface area (Å²) in [6.07, 6.45) is -2.73. The minimum absolute atomic E-state index is 0.200.